The summed E-state index contributed by atoms with van der Waals surface area (Å²) in [6, 6.07) is 8.15. The average molecular weight is 582 g/mol. The molecule has 0 aliphatic carbocycles. The van der Waals surface area contributed by atoms with E-state index < -0.39 is 18.2 Å². The van der Waals surface area contributed by atoms with Crippen molar-refractivity contribution in [1.29, 1.82) is 0 Å². The zero-order valence-corrected chi connectivity index (χ0v) is 24.8. The molecule has 4 amide bonds. The third-order valence-electron chi connectivity index (χ3n) is 7.55. The molecule has 0 radical (unpaired) electrons. The molecule has 3 heterocycles. The lowest BCUT2D eigenvalue weighted by Crippen LogP contribution is -2.50. The van der Waals surface area contributed by atoms with E-state index in [-0.39, 0.29) is 42.5 Å². The summed E-state index contributed by atoms with van der Waals surface area (Å²) in [5.41, 5.74) is 0.908. The number of benzene rings is 1. The van der Waals surface area contributed by atoms with E-state index in [1.165, 1.54) is 4.68 Å². The van der Waals surface area contributed by atoms with Crippen LogP contribution in [0.1, 0.15) is 69.2 Å². The highest BCUT2D eigenvalue weighted by atomic mass is 16.5. The average Bonchev–Trinajstić information content (AvgIpc) is 3.62. The first-order valence-electron chi connectivity index (χ1n) is 14.9. The number of rotatable bonds is 4. The van der Waals surface area contributed by atoms with Gasteiger partial charge in [-0.2, -0.15) is 5.10 Å². The van der Waals surface area contributed by atoms with Crippen molar-refractivity contribution in [2.24, 2.45) is 5.92 Å². The zero-order valence-electron chi connectivity index (χ0n) is 24.8. The summed E-state index contributed by atoms with van der Waals surface area (Å²) in [5, 5.41) is 13.3. The second-order valence-electron chi connectivity index (χ2n) is 11.3. The minimum atomic E-state index is -0.828. The molecule has 3 N–H and O–H groups in total. The number of carbonyl (C=O) groups is 4. The maximum atomic E-state index is 13.7. The van der Waals surface area contributed by atoms with Gasteiger partial charge in [-0.25, -0.2) is 9.67 Å². The summed E-state index contributed by atoms with van der Waals surface area (Å²) in [6.07, 6.45) is 2.52. The van der Waals surface area contributed by atoms with Gasteiger partial charge in [-0.1, -0.05) is 44.2 Å². The molecule has 228 valence electrons. The molecule has 0 spiro atoms. The predicted molar refractivity (Wildman–Crippen MR) is 155 cm³/mol. The highest BCUT2D eigenvalue weighted by Crippen LogP contribution is 2.21. The number of hydrogen-bond donors (Lipinski definition) is 3. The molecule has 12 heteroatoms. The van der Waals surface area contributed by atoms with Gasteiger partial charge in [0.25, 0.3) is 5.91 Å². The fourth-order valence-electron chi connectivity index (χ4n) is 5.36. The Kier molecular flexibility index (Phi) is 11.0. The van der Waals surface area contributed by atoms with Crippen molar-refractivity contribution < 1.29 is 23.9 Å². The molecule has 1 saturated heterocycles. The van der Waals surface area contributed by atoms with Crippen LogP contribution < -0.4 is 16.0 Å². The quantitative estimate of drug-likeness (QED) is 0.495. The van der Waals surface area contributed by atoms with Crippen LogP contribution in [0.25, 0.3) is 0 Å². The highest BCUT2D eigenvalue weighted by Gasteiger charge is 2.31. The van der Waals surface area contributed by atoms with Crippen LogP contribution >= 0.6 is 0 Å². The Labute approximate surface area is 247 Å². The van der Waals surface area contributed by atoms with Crippen molar-refractivity contribution in [3.63, 3.8) is 0 Å². The summed E-state index contributed by atoms with van der Waals surface area (Å²) < 4.78 is 7.14. The van der Waals surface area contributed by atoms with Crippen molar-refractivity contribution in [2.45, 2.75) is 84.0 Å². The van der Waals surface area contributed by atoms with Crippen LogP contribution in [0.4, 0.5) is 0 Å². The molecule has 2 aromatic rings. The van der Waals surface area contributed by atoms with Crippen molar-refractivity contribution in [2.75, 3.05) is 26.2 Å². The van der Waals surface area contributed by atoms with Crippen LogP contribution in [-0.2, 0) is 36.9 Å². The van der Waals surface area contributed by atoms with E-state index in [0.29, 0.717) is 63.6 Å². The molecular weight excluding hydrogens is 538 g/mol. The molecule has 0 bridgehead atoms. The standard InChI is InChI=1S/C30H43N7O5/c1-20(2)27-28-32-21(3)35-37(28)19-26(39)31-14-9-16-36(30(41)24-12-8-17-42-24)15-7-13-25(38)33-23(29(40)34-27)18-22-10-5-4-6-11-22/h4-6,10-11,20,23-24,27H,7-9,12-19H2,1-3H3,(H,31,39)(H,33,38)(H,34,40)/t23-,24-,27+/m1/s1. The number of ether oxygens (including phenoxy) is 1. The number of hydrogen-bond acceptors (Lipinski definition) is 7. The maximum Gasteiger partial charge on any atom is 0.251 e. The first-order valence-corrected chi connectivity index (χ1v) is 14.9. The molecule has 42 heavy (non-hydrogen) atoms. The topological polar surface area (TPSA) is 148 Å². The normalized spacial score (nSPS) is 23.4. The lowest BCUT2D eigenvalue weighted by atomic mass is 10.0. The van der Waals surface area contributed by atoms with E-state index in [1.807, 2.05) is 44.2 Å². The van der Waals surface area contributed by atoms with Gasteiger partial charge in [-0.15, -0.1) is 0 Å². The second kappa shape index (κ2) is 14.9. The van der Waals surface area contributed by atoms with Crippen LogP contribution in [0.3, 0.4) is 0 Å². The molecule has 12 nitrogen and oxygen atoms in total. The molecule has 3 atom stereocenters. The van der Waals surface area contributed by atoms with E-state index in [1.54, 1.807) is 11.8 Å². The van der Waals surface area contributed by atoms with Gasteiger partial charge in [0.15, 0.2) is 5.82 Å². The Hall–Kier alpha value is -3.80. The fraction of sp³-hybridized carbons (Fsp3) is 0.600. The first kappa shape index (κ1) is 31.1. The Bertz CT molecular complexity index is 1230. The van der Waals surface area contributed by atoms with Crippen LogP contribution in [0.2, 0.25) is 0 Å². The number of aryl methyl sites for hydroxylation is 1. The third kappa shape index (κ3) is 8.60. The van der Waals surface area contributed by atoms with Crippen molar-refractivity contribution in [3.05, 3.63) is 47.5 Å². The molecule has 2 aliphatic rings. The highest BCUT2D eigenvalue weighted by molar-refractivity contribution is 5.88. The summed E-state index contributed by atoms with van der Waals surface area (Å²) in [5.74, 6) is -0.0284. The SMILES string of the molecule is Cc1nc2n(n1)CC(=O)NCCCN(C(=O)[C@H]1CCCO1)CCCC(=O)N[C@H](Cc1ccccc1)C(=O)N[C@H]2C(C)C. The third-order valence-corrected chi connectivity index (χ3v) is 7.55. The molecule has 0 saturated carbocycles. The zero-order chi connectivity index (χ0) is 30.1. The van der Waals surface area contributed by atoms with Crippen LogP contribution in [0.5, 0.6) is 0 Å². The Morgan fingerprint density at radius 1 is 1.05 bits per heavy atom. The van der Waals surface area contributed by atoms with Crippen molar-refractivity contribution in [3.8, 4) is 0 Å². The van der Waals surface area contributed by atoms with E-state index in [9.17, 15) is 19.2 Å². The summed E-state index contributed by atoms with van der Waals surface area (Å²) >= 11 is 0. The van der Waals surface area contributed by atoms with Gasteiger partial charge >= 0.3 is 0 Å². The van der Waals surface area contributed by atoms with Gasteiger partial charge in [0, 0.05) is 39.1 Å². The molecule has 2 aliphatic heterocycles. The van der Waals surface area contributed by atoms with E-state index in [4.69, 9.17) is 4.74 Å². The maximum absolute atomic E-state index is 13.7. The van der Waals surface area contributed by atoms with Gasteiger partial charge in [-0.05, 0) is 44.1 Å². The Balaban J connectivity index is 1.58. The Morgan fingerprint density at radius 2 is 1.81 bits per heavy atom. The van der Waals surface area contributed by atoms with Crippen molar-refractivity contribution in [1.82, 2.24) is 35.6 Å². The fourth-order valence-corrected chi connectivity index (χ4v) is 5.36. The predicted octanol–water partition coefficient (Wildman–Crippen LogP) is 1.44. The number of amides is 4. The molecule has 1 fully saturated rings. The molecular formula is C30H43N7O5. The van der Waals surface area contributed by atoms with E-state index in [0.717, 1.165) is 12.0 Å². The number of aromatic nitrogens is 3. The summed E-state index contributed by atoms with van der Waals surface area (Å²) in [4.78, 5) is 59.1. The van der Waals surface area contributed by atoms with Crippen molar-refractivity contribution >= 4 is 23.6 Å². The summed E-state index contributed by atoms with van der Waals surface area (Å²) in [7, 11) is 0. The van der Waals surface area contributed by atoms with Crippen LogP contribution in [0, 0.1) is 12.8 Å². The van der Waals surface area contributed by atoms with Gasteiger partial charge in [0.2, 0.25) is 17.7 Å². The molecule has 1 aromatic carbocycles. The van der Waals surface area contributed by atoms with E-state index in [2.05, 4.69) is 26.0 Å². The first-order chi connectivity index (χ1) is 20.2. The largest absolute Gasteiger partial charge is 0.368 e. The monoisotopic (exact) mass is 581 g/mol. The number of nitrogens with zero attached hydrogens (tertiary/aromatic N) is 4. The number of fused-ring (bicyclic) bond motifs is 1. The van der Waals surface area contributed by atoms with Gasteiger partial charge in [0.1, 0.15) is 24.5 Å². The van der Waals surface area contributed by atoms with Gasteiger partial charge < -0.3 is 25.6 Å². The lowest BCUT2D eigenvalue weighted by molar-refractivity contribution is -0.141. The lowest BCUT2D eigenvalue weighted by Gasteiger charge is -2.27. The summed E-state index contributed by atoms with van der Waals surface area (Å²) in [6.45, 7) is 7.36. The number of nitrogens with one attached hydrogen (secondary N) is 3. The molecule has 4 rings (SSSR count). The minimum absolute atomic E-state index is 0.0575. The van der Waals surface area contributed by atoms with Crippen LogP contribution in [-0.4, -0.2) is 81.7 Å². The van der Waals surface area contributed by atoms with Crippen LogP contribution in [0.15, 0.2) is 30.3 Å². The van der Waals surface area contributed by atoms with Gasteiger partial charge in [0.05, 0.1) is 6.04 Å². The van der Waals surface area contributed by atoms with Gasteiger partial charge in [-0.3, -0.25) is 19.2 Å². The molecule has 0 unspecified atom stereocenters. The molecule has 1 aromatic heterocycles. The smallest absolute Gasteiger partial charge is 0.251 e. The van der Waals surface area contributed by atoms with E-state index >= 15 is 0 Å². The Morgan fingerprint density at radius 3 is 2.52 bits per heavy atom. The number of carbonyl (C=O) groups excluding carboxylic acids is 4. The minimum Gasteiger partial charge on any atom is -0.368 e. The second-order valence-corrected chi connectivity index (χ2v) is 11.3.